The summed E-state index contributed by atoms with van der Waals surface area (Å²) >= 11 is 0. The minimum Gasteiger partial charge on any atom is -0.478 e. The average Bonchev–Trinajstić information content (AvgIpc) is 2.18. The Balaban J connectivity index is 3.03. The van der Waals surface area contributed by atoms with E-state index in [1.54, 1.807) is 0 Å². The number of anilines is 1. The second-order valence-electron chi connectivity index (χ2n) is 5.23. The molecule has 0 amide bonds. The van der Waals surface area contributed by atoms with E-state index in [2.05, 4.69) is 26.1 Å². The van der Waals surface area contributed by atoms with E-state index in [0.717, 1.165) is 6.07 Å². The summed E-state index contributed by atoms with van der Waals surface area (Å²) < 4.78 is 13.0. The van der Waals surface area contributed by atoms with Gasteiger partial charge < -0.3 is 10.4 Å². The first-order valence-electron chi connectivity index (χ1n) is 5.51. The van der Waals surface area contributed by atoms with Crippen LogP contribution in [0.2, 0.25) is 0 Å². The van der Waals surface area contributed by atoms with E-state index >= 15 is 0 Å². The predicted molar refractivity (Wildman–Crippen MR) is 65.9 cm³/mol. The normalized spacial score (nSPS) is 13.2. The van der Waals surface area contributed by atoms with Gasteiger partial charge in [-0.3, -0.25) is 0 Å². The highest BCUT2D eigenvalue weighted by Crippen LogP contribution is 2.25. The van der Waals surface area contributed by atoms with Crippen LogP contribution in [0.15, 0.2) is 18.2 Å². The van der Waals surface area contributed by atoms with Crippen LogP contribution >= 0.6 is 0 Å². The number of hydrogen-bond acceptors (Lipinski definition) is 2. The third kappa shape index (κ3) is 3.44. The van der Waals surface area contributed by atoms with Crippen LogP contribution in [0.5, 0.6) is 0 Å². The Labute approximate surface area is 101 Å². The lowest BCUT2D eigenvalue weighted by Crippen LogP contribution is -2.31. The van der Waals surface area contributed by atoms with Crippen LogP contribution in [0.25, 0.3) is 0 Å². The molecule has 0 aliphatic carbocycles. The van der Waals surface area contributed by atoms with Gasteiger partial charge in [0.05, 0.1) is 5.56 Å². The van der Waals surface area contributed by atoms with Crippen molar-refractivity contribution in [1.82, 2.24) is 0 Å². The average molecular weight is 239 g/mol. The van der Waals surface area contributed by atoms with Gasteiger partial charge in [0, 0.05) is 11.7 Å². The van der Waals surface area contributed by atoms with Crippen molar-refractivity contribution in [3.8, 4) is 0 Å². The molecule has 0 aliphatic heterocycles. The number of rotatable bonds is 3. The molecule has 0 aromatic heterocycles. The highest BCUT2D eigenvalue weighted by molar-refractivity contribution is 5.94. The second kappa shape index (κ2) is 4.73. The Hall–Kier alpha value is -1.58. The topological polar surface area (TPSA) is 49.3 Å². The Bertz CT molecular complexity index is 424. The molecule has 1 aromatic carbocycles. The van der Waals surface area contributed by atoms with Gasteiger partial charge in [0.15, 0.2) is 0 Å². The molecule has 1 rings (SSSR count). The molecule has 0 bridgehead atoms. The molecule has 0 fully saturated rings. The molecule has 94 valence electrons. The second-order valence-corrected chi connectivity index (χ2v) is 5.23. The van der Waals surface area contributed by atoms with E-state index in [-0.39, 0.29) is 17.0 Å². The van der Waals surface area contributed by atoms with Crippen molar-refractivity contribution in [2.45, 2.75) is 33.7 Å². The Kier molecular flexibility index (Phi) is 3.76. The third-order valence-electron chi connectivity index (χ3n) is 2.88. The number of carbonyl (C=O) groups is 1. The lowest BCUT2D eigenvalue weighted by Gasteiger charge is -2.29. The van der Waals surface area contributed by atoms with Gasteiger partial charge in [-0.15, -0.1) is 0 Å². The highest BCUT2D eigenvalue weighted by Gasteiger charge is 2.21. The molecular formula is C13H18FNO2. The first-order valence-corrected chi connectivity index (χ1v) is 5.51. The van der Waals surface area contributed by atoms with Crippen molar-refractivity contribution < 1.29 is 14.3 Å². The number of carboxylic acids is 1. The Morgan fingerprint density at radius 3 is 2.47 bits per heavy atom. The van der Waals surface area contributed by atoms with Crippen LogP contribution in [-0.4, -0.2) is 17.1 Å². The van der Waals surface area contributed by atoms with Crippen LogP contribution in [0.4, 0.5) is 10.1 Å². The number of aromatic carboxylic acids is 1. The van der Waals surface area contributed by atoms with E-state index in [1.807, 2.05) is 6.92 Å². The molecular weight excluding hydrogens is 221 g/mol. The lowest BCUT2D eigenvalue weighted by molar-refractivity contribution is 0.0697. The van der Waals surface area contributed by atoms with Crippen LogP contribution in [0.3, 0.4) is 0 Å². The zero-order valence-corrected chi connectivity index (χ0v) is 10.5. The van der Waals surface area contributed by atoms with E-state index < -0.39 is 11.8 Å². The molecule has 1 unspecified atom stereocenters. The largest absolute Gasteiger partial charge is 0.478 e. The van der Waals surface area contributed by atoms with Gasteiger partial charge in [0.1, 0.15) is 5.82 Å². The summed E-state index contributed by atoms with van der Waals surface area (Å²) in [5.41, 5.74) is 0.395. The first kappa shape index (κ1) is 13.5. The number of halogens is 1. The van der Waals surface area contributed by atoms with Crippen molar-refractivity contribution in [1.29, 1.82) is 0 Å². The van der Waals surface area contributed by atoms with Crippen molar-refractivity contribution in [2.24, 2.45) is 5.41 Å². The standard InChI is InChI=1S/C13H18FNO2/c1-8(13(2,3)4)15-11-6-5-9(14)7-10(11)12(16)17/h5-8,15H,1-4H3,(H,16,17). The van der Waals surface area contributed by atoms with Crippen LogP contribution in [0.1, 0.15) is 38.1 Å². The zero-order chi connectivity index (χ0) is 13.2. The molecule has 0 aliphatic rings. The number of benzene rings is 1. The van der Waals surface area contributed by atoms with Gasteiger partial charge in [-0.2, -0.15) is 0 Å². The van der Waals surface area contributed by atoms with Crippen molar-refractivity contribution in [2.75, 3.05) is 5.32 Å². The summed E-state index contributed by atoms with van der Waals surface area (Å²) in [6, 6.07) is 3.82. The first-order chi connectivity index (χ1) is 7.71. The number of carboxylic acid groups (broad SMARTS) is 1. The van der Waals surface area contributed by atoms with Crippen LogP contribution < -0.4 is 5.32 Å². The minimum atomic E-state index is -1.13. The SMILES string of the molecule is CC(Nc1ccc(F)cc1C(=O)O)C(C)(C)C. The molecule has 0 saturated heterocycles. The van der Waals surface area contributed by atoms with E-state index in [9.17, 15) is 9.18 Å². The van der Waals surface area contributed by atoms with E-state index in [4.69, 9.17) is 5.11 Å². The molecule has 0 spiro atoms. The summed E-state index contributed by atoms with van der Waals surface area (Å²) in [7, 11) is 0. The number of nitrogens with one attached hydrogen (secondary N) is 1. The molecule has 17 heavy (non-hydrogen) atoms. The maximum Gasteiger partial charge on any atom is 0.337 e. The maximum atomic E-state index is 13.0. The van der Waals surface area contributed by atoms with Crippen molar-refractivity contribution in [3.05, 3.63) is 29.6 Å². The highest BCUT2D eigenvalue weighted by atomic mass is 19.1. The molecule has 1 atom stereocenters. The van der Waals surface area contributed by atoms with Crippen molar-refractivity contribution >= 4 is 11.7 Å². The fraction of sp³-hybridized carbons (Fsp3) is 0.462. The minimum absolute atomic E-state index is 0.00976. The molecule has 2 N–H and O–H groups in total. The van der Waals surface area contributed by atoms with Gasteiger partial charge in [-0.05, 0) is 30.5 Å². The van der Waals surface area contributed by atoms with Gasteiger partial charge in [0.2, 0.25) is 0 Å². The molecule has 0 heterocycles. The molecule has 0 saturated carbocycles. The molecule has 0 radical (unpaired) electrons. The predicted octanol–water partition coefficient (Wildman–Crippen LogP) is 3.37. The lowest BCUT2D eigenvalue weighted by atomic mass is 9.88. The van der Waals surface area contributed by atoms with Crippen LogP contribution in [0, 0.1) is 11.2 Å². The third-order valence-corrected chi connectivity index (χ3v) is 2.88. The Morgan fingerprint density at radius 2 is 2.00 bits per heavy atom. The summed E-state index contributed by atoms with van der Waals surface area (Å²) in [4.78, 5) is 11.0. The summed E-state index contributed by atoms with van der Waals surface area (Å²) in [5.74, 6) is -1.68. The van der Waals surface area contributed by atoms with E-state index in [0.29, 0.717) is 5.69 Å². The summed E-state index contributed by atoms with van der Waals surface area (Å²) in [5, 5.41) is 12.1. The maximum absolute atomic E-state index is 13.0. The summed E-state index contributed by atoms with van der Waals surface area (Å²) in [6.45, 7) is 8.12. The molecule has 1 aromatic rings. The van der Waals surface area contributed by atoms with Gasteiger partial charge in [0.25, 0.3) is 0 Å². The van der Waals surface area contributed by atoms with Crippen LogP contribution in [-0.2, 0) is 0 Å². The summed E-state index contributed by atoms with van der Waals surface area (Å²) in [6.07, 6.45) is 0. The molecule has 3 nitrogen and oxygen atoms in total. The monoisotopic (exact) mass is 239 g/mol. The van der Waals surface area contributed by atoms with Crippen molar-refractivity contribution in [3.63, 3.8) is 0 Å². The fourth-order valence-corrected chi connectivity index (χ4v) is 1.27. The smallest absolute Gasteiger partial charge is 0.337 e. The number of hydrogen-bond donors (Lipinski definition) is 2. The molecule has 4 heteroatoms. The van der Waals surface area contributed by atoms with Gasteiger partial charge in [-0.25, -0.2) is 9.18 Å². The quantitative estimate of drug-likeness (QED) is 0.850. The van der Waals surface area contributed by atoms with Gasteiger partial charge >= 0.3 is 5.97 Å². The van der Waals surface area contributed by atoms with E-state index in [1.165, 1.54) is 12.1 Å². The zero-order valence-electron chi connectivity index (χ0n) is 10.5. The van der Waals surface area contributed by atoms with Gasteiger partial charge in [-0.1, -0.05) is 20.8 Å². The Morgan fingerprint density at radius 1 is 1.41 bits per heavy atom. The fourth-order valence-electron chi connectivity index (χ4n) is 1.27.